The molecular formula is C13H27ClN2O2S. The summed E-state index contributed by atoms with van der Waals surface area (Å²) in [6, 6.07) is 0. The molecule has 0 heterocycles. The fraction of sp³-hybridized carbons (Fsp3) is 1.00. The zero-order valence-corrected chi connectivity index (χ0v) is 13.7. The maximum atomic E-state index is 11.9. The van der Waals surface area contributed by atoms with Crippen LogP contribution in [0, 0.1) is 0 Å². The lowest BCUT2D eigenvalue weighted by molar-refractivity contribution is 0.105. The summed E-state index contributed by atoms with van der Waals surface area (Å²) in [6.07, 6.45) is 7.17. The summed E-state index contributed by atoms with van der Waals surface area (Å²) in [6.45, 7) is 0.531. The van der Waals surface area contributed by atoms with Crippen LogP contribution < -0.4 is 4.72 Å². The molecule has 0 saturated heterocycles. The van der Waals surface area contributed by atoms with Crippen molar-refractivity contribution in [3.63, 3.8) is 0 Å². The molecule has 0 aliphatic heterocycles. The minimum absolute atomic E-state index is 0.00218. The molecule has 1 N–H and O–H groups in total. The van der Waals surface area contributed by atoms with Crippen molar-refractivity contribution in [2.24, 2.45) is 0 Å². The molecule has 0 spiro atoms. The van der Waals surface area contributed by atoms with Gasteiger partial charge < -0.3 is 4.90 Å². The Morgan fingerprint density at radius 2 is 1.79 bits per heavy atom. The first-order chi connectivity index (χ1) is 8.92. The van der Waals surface area contributed by atoms with Crippen LogP contribution in [0.1, 0.15) is 44.9 Å². The van der Waals surface area contributed by atoms with Gasteiger partial charge in [0.1, 0.15) is 0 Å². The summed E-state index contributed by atoms with van der Waals surface area (Å²) in [4.78, 5) is 2.19. The van der Waals surface area contributed by atoms with Crippen molar-refractivity contribution in [1.29, 1.82) is 0 Å². The van der Waals surface area contributed by atoms with Crippen LogP contribution in [-0.2, 0) is 10.0 Å². The van der Waals surface area contributed by atoms with Crippen molar-refractivity contribution in [3.05, 3.63) is 0 Å². The van der Waals surface area contributed by atoms with Crippen molar-refractivity contribution in [3.8, 4) is 0 Å². The molecule has 114 valence electrons. The van der Waals surface area contributed by atoms with Crippen LogP contribution in [0.15, 0.2) is 0 Å². The Hall–Kier alpha value is 0.160. The first kappa shape index (κ1) is 17.2. The second-order valence-corrected chi connectivity index (χ2v) is 8.02. The van der Waals surface area contributed by atoms with Crippen LogP contribution in [0.5, 0.6) is 0 Å². The maximum absolute atomic E-state index is 11.9. The second-order valence-electron chi connectivity index (χ2n) is 5.72. The SMILES string of the molecule is CN(C)C1(CNS(=O)(=O)CCCCCl)CCCCC1. The number of rotatable bonds is 8. The van der Waals surface area contributed by atoms with E-state index in [1.807, 2.05) is 14.1 Å². The van der Waals surface area contributed by atoms with Gasteiger partial charge >= 0.3 is 0 Å². The number of halogens is 1. The molecule has 1 fully saturated rings. The van der Waals surface area contributed by atoms with Gasteiger partial charge in [0.05, 0.1) is 5.75 Å². The molecule has 0 aromatic rings. The van der Waals surface area contributed by atoms with E-state index in [-0.39, 0.29) is 11.3 Å². The smallest absolute Gasteiger partial charge is 0.211 e. The predicted molar refractivity (Wildman–Crippen MR) is 81.2 cm³/mol. The maximum Gasteiger partial charge on any atom is 0.211 e. The van der Waals surface area contributed by atoms with Gasteiger partial charge in [-0.3, -0.25) is 0 Å². The highest BCUT2D eigenvalue weighted by molar-refractivity contribution is 7.89. The molecule has 0 amide bonds. The lowest BCUT2D eigenvalue weighted by Gasteiger charge is -2.43. The van der Waals surface area contributed by atoms with Gasteiger partial charge in [0.2, 0.25) is 10.0 Å². The van der Waals surface area contributed by atoms with Crippen molar-refractivity contribution >= 4 is 21.6 Å². The highest BCUT2D eigenvalue weighted by atomic mass is 35.5. The minimum atomic E-state index is -3.16. The van der Waals surface area contributed by atoms with Crippen molar-refractivity contribution in [2.45, 2.75) is 50.5 Å². The van der Waals surface area contributed by atoms with Gasteiger partial charge in [-0.1, -0.05) is 19.3 Å². The van der Waals surface area contributed by atoms with Crippen LogP contribution in [0.4, 0.5) is 0 Å². The Kier molecular flexibility index (Phi) is 7.08. The van der Waals surface area contributed by atoms with Crippen molar-refractivity contribution in [1.82, 2.24) is 9.62 Å². The molecule has 0 unspecified atom stereocenters. The summed E-state index contributed by atoms with van der Waals surface area (Å²) in [7, 11) is 0.937. The summed E-state index contributed by atoms with van der Waals surface area (Å²) in [5, 5.41) is 0. The summed E-state index contributed by atoms with van der Waals surface area (Å²) in [5.41, 5.74) is -0.00218. The molecule has 0 atom stereocenters. The number of likely N-dealkylation sites (N-methyl/N-ethyl adjacent to an activating group) is 1. The monoisotopic (exact) mass is 310 g/mol. The van der Waals surface area contributed by atoms with Gasteiger partial charge in [-0.15, -0.1) is 11.6 Å². The molecule has 0 radical (unpaired) electrons. The third-order valence-electron chi connectivity index (χ3n) is 4.15. The lowest BCUT2D eigenvalue weighted by Crippen LogP contribution is -2.54. The average Bonchev–Trinajstić information content (AvgIpc) is 2.38. The van der Waals surface area contributed by atoms with Crippen LogP contribution in [-0.4, -0.2) is 51.1 Å². The number of nitrogens with zero attached hydrogens (tertiary/aromatic N) is 1. The largest absolute Gasteiger partial charge is 0.302 e. The number of sulfonamides is 1. The third-order valence-corrected chi connectivity index (χ3v) is 5.83. The number of nitrogens with one attached hydrogen (secondary N) is 1. The molecule has 1 rings (SSSR count). The molecule has 4 nitrogen and oxygen atoms in total. The van der Waals surface area contributed by atoms with Crippen LogP contribution in [0.3, 0.4) is 0 Å². The number of alkyl halides is 1. The first-order valence-corrected chi connectivity index (χ1v) is 9.31. The van der Waals surface area contributed by atoms with Gasteiger partial charge in [-0.25, -0.2) is 13.1 Å². The topological polar surface area (TPSA) is 49.4 Å². The van der Waals surface area contributed by atoms with E-state index < -0.39 is 10.0 Å². The molecule has 0 aromatic carbocycles. The highest BCUT2D eigenvalue weighted by Gasteiger charge is 2.34. The number of hydrogen-bond acceptors (Lipinski definition) is 3. The number of hydrogen-bond donors (Lipinski definition) is 1. The predicted octanol–water partition coefficient (Wildman–Crippen LogP) is 2.19. The van der Waals surface area contributed by atoms with E-state index >= 15 is 0 Å². The Balaban J connectivity index is 2.51. The minimum Gasteiger partial charge on any atom is -0.302 e. The normalized spacial score (nSPS) is 19.8. The standard InChI is InChI=1S/C13H27ClN2O2S/c1-16(2)13(8-4-3-5-9-13)12-15-19(17,18)11-7-6-10-14/h15H,3-12H2,1-2H3. The van der Waals surface area contributed by atoms with Gasteiger partial charge in [0.25, 0.3) is 0 Å². The van der Waals surface area contributed by atoms with Crippen LogP contribution in [0.25, 0.3) is 0 Å². The van der Waals surface area contributed by atoms with E-state index in [9.17, 15) is 8.42 Å². The van der Waals surface area contributed by atoms with Crippen molar-refractivity contribution < 1.29 is 8.42 Å². The average molecular weight is 311 g/mol. The van der Waals surface area contributed by atoms with E-state index in [4.69, 9.17) is 11.6 Å². The van der Waals surface area contributed by atoms with Gasteiger partial charge in [-0.2, -0.15) is 0 Å². The summed E-state index contributed by atoms with van der Waals surface area (Å²) in [5.74, 6) is 0.709. The van der Waals surface area contributed by atoms with E-state index in [2.05, 4.69) is 9.62 Å². The lowest BCUT2D eigenvalue weighted by atomic mass is 9.81. The van der Waals surface area contributed by atoms with E-state index in [0.717, 1.165) is 19.3 Å². The molecule has 6 heteroatoms. The highest BCUT2D eigenvalue weighted by Crippen LogP contribution is 2.31. The molecular weight excluding hydrogens is 284 g/mol. The molecule has 1 saturated carbocycles. The van der Waals surface area contributed by atoms with Crippen LogP contribution in [0.2, 0.25) is 0 Å². The summed E-state index contributed by atoms with van der Waals surface area (Å²) >= 11 is 5.57. The Labute approximate surface area is 122 Å². The zero-order valence-electron chi connectivity index (χ0n) is 12.1. The van der Waals surface area contributed by atoms with Crippen LogP contribution >= 0.6 is 11.6 Å². The fourth-order valence-corrected chi connectivity index (χ4v) is 4.10. The van der Waals surface area contributed by atoms with Gasteiger partial charge in [-0.05, 0) is 39.8 Å². The van der Waals surface area contributed by atoms with Crippen molar-refractivity contribution in [2.75, 3.05) is 32.3 Å². The second kappa shape index (κ2) is 7.81. The third kappa shape index (κ3) is 5.58. The quantitative estimate of drug-likeness (QED) is 0.552. The number of unbranched alkanes of at least 4 members (excludes halogenated alkanes) is 1. The van der Waals surface area contributed by atoms with E-state index in [1.54, 1.807) is 0 Å². The molecule has 0 aromatic heterocycles. The molecule has 19 heavy (non-hydrogen) atoms. The Morgan fingerprint density at radius 3 is 2.32 bits per heavy atom. The Bertz CT molecular complexity index is 352. The summed E-state index contributed by atoms with van der Waals surface area (Å²) < 4.78 is 26.7. The molecule has 0 bridgehead atoms. The molecule has 1 aliphatic rings. The zero-order chi connectivity index (χ0) is 14.4. The fourth-order valence-electron chi connectivity index (χ4n) is 2.70. The first-order valence-electron chi connectivity index (χ1n) is 7.13. The Morgan fingerprint density at radius 1 is 1.16 bits per heavy atom. The molecule has 1 aliphatic carbocycles. The van der Waals surface area contributed by atoms with E-state index in [1.165, 1.54) is 19.3 Å². The van der Waals surface area contributed by atoms with E-state index in [0.29, 0.717) is 18.8 Å². The van der Waals surface area contributed by atoms with Gasteiger partial charge in [0.15, 0.2) is 0 Å². The van der Waals surface area contributed by atoms with Gasteiger partial charge in [0, 0.05) is 18.0 Å².